The molecule has 1 atom stereocenters. The fourth-order valence-electron chi connectivity index (χ4n) is 3.75. The van der Waals surface area contributed by atoms with Gasteiger partial charge >= 0.3 is 6.03 Å². The maximum absolute atomic E-state index is 13.0. The van der Waals surface area contributed by atoms with Crippen molar-refractivity contribution in [3.63, 3.8) is 0 Å². The molecule has 0 aliphatic carbocycles. The lowest BCUT2D eigenvalue weighted by molar-refractivity contribution is 0.249. The molecule has 3 aromatic carbocycles. The lowest BCUT2D eigenvalue weighted by Crippen LogP contribution is -2.31. The average Bonchev–Trinajstić information content (AvgIpc) is 3.21. The van der Waals surface area contributed by atoms with E-state index in [-0.39, 0.29) is 22.7 Å². The average molecular weight is 514 g/mol. The highest BCUT2D eigenvalue weighted by Crippen LogP contribution is 2.29. The second-order valence-corrected chi connectivity index (χ2v) is 10.7. The summed E-state index contributed by atoms with van der Waals surface area (Å²) in [6.07, 6.45) is 0. The summed E-state index contributed by atoms with van der Waals surface area (Å²) in [4.78, 5) is 12.6. The predicted octanol–water partition coefficient (Wildman–Crippen LogP) is 4.91. The zero-order valence-electron chi connectivity index (χ0n) is 17.6. The maximum atomic E-state index is 13.0. The van der Waals surface area contributed by atoms with Crippen molar-refractivity contribution in [3.8, 4) is 0 Å². The highest BCUT2D eigenvalue weighted by atomic mass is 79.9. The zero-order chi connectivity index (χ0) is 22.7. The van der Waals surface area contributed by atoms with Crippen molar-refractivity contribution in [1.29, 1.82) is 0 Å². The van der Waals surface area contributed by atoms with Crippen LogP contribution in [0.1, 0.15) is 35.2 Å². The lowest BCUT2D eigenvalue weighted by atomic mass is 10.1. The van der Waals surface area contributed by atoms with Gasteiger partial charge in [-0.3, -0.25) is 0 Å². The number of urea groups is 1. The van der Waals surface area contributed by atoms with E-state index < -0.39 is 9.84 Å². The van der Waals surface area contributed by atoms with Crippen LogP contribution in [0, 0.1) is 0 Å². The molecule has 32 heavy (non-hydrogen) atoms. The molecule has 1 aliphatic heterocycles. The van der Waals surface area contributed by atoms with Crippen molar-refractivity contribution >= 4 is 37.5 Å². The molecule has 166 valence electrons. The van der Waals surface area contributed by atoms with Gasteiger partial charge in [0.1, 0.15) is 0 Å². The Morgan fingerprint density at radius 3 is 2.53 bits per heavy atom. The highest BCUT2D eigenvalue weighted by molar-refractivity contribution is 9.10. The number of benzene rings is 3. The molecule has 0 fully saturated rings. The number of hydrogen-bond acceptors (Lipinski definition) is 4. The number of carbonyl (C=O) groups excluding carboxylic acids is 1. The quantitative estimate of drug-likeness (QED) is 0.437. The number of carbonyl (C=O) groups is 1. The number of hydrogen-bond donors (Lipinski definition) is 3. The van der Waals surface area contributed by atoms with Crippen LogP contribution in [-0.2, 0) is 28.7 Å². The van der Waals surface area contributed by atoms with E-state index in [2.05, 4.69) is 31.9 Å². The van der Waals surface area contributed by atoms with Gasteiger partial charge in [-0.1, -0.05) is 48.5 Å². The minimum absolute atomic E-state index is 0.0826. The molecule has 6 nitrogen and oxygen atoms in total. The molecule has 0 aromatic heterocycles. The summed E-state index contributed by atoms with van der Waals surface area (Å²) < 4.78 is 26.4. The van der Waals surface area contributed by atoms with Gasteiger partial charge in [0.25, 0.3) is 0 Å². The Morgan fingerprint density at radius 1 is 1.03 bits per heavy atom. The number of sulfone groups is 1. The molecule has 3 N–H and O–H groups in total. The molecule has 0 spiro atoms. The molecule has 2 amide bonds. The van der Waals surface area contributed by atoms with Crippen LogP contribution in [0.5, 0.6) is 0 Å². The highest BCUT2D eigenvalue weighted by Gasteiger charge is 2.21. The third-order valence-electron chi connectivity index (χ3n) is 5.43. The number of nitrogens with one attached hydrogen (secondary N) is 3. The summed E-state index contributed by atoms with van der Waals surface area (Å²) >= 11 is 3.36. The van der Waals surface area contributed by atoms with E-state index in [1.807, 2.05) is 55.5 Å². The predicted molar refractivity (Wildman–Crippen MR) is 129 cm³/mol. The van der Waals surface area contributed by atoms with E-state index in [0.29, 0.717) is 10.2 Å². The molecular formula is C24H24BrN3O3S. The number of amides is 2. The molecule has 4 rings (SSSR count). The molecule has 8 heteroatoms. The monoisotopic (exact) mass is 513 g/mol. The summed E-state index contributed by atoms with van der Waals surface area (Å²) in [6, 6.07) is 19.6. The Bertz CT molecular complexity index is 1250. The Kier molecular flexibility index (Phi) is 6.64. The summed E-state index contributed by atoms with van der Waals surface area (Å²) in [5.41, 5.74) is 4.61. The van der Waals surface area contributed by atoms with E-state index in [1.165, 1.54) is 11.6 Å². The zero-order valence-corrected chi connectivity index (χ0v) is 20.0. The SMILES string of the molecule is CC(NC(=O)Nc1ccc(S(=O)(=O)Cc2ccc3c(c2)CNC3)c(Br)c1)c1ccccc1. The van der Waals surface area contributed by atoms with Crippen LogP contribution >= 0.6 is 15.9 Å². The first-order valence-electron chi connectivity index (χ1n) is 10.3. The summed E-state index contributed by atoms with van der Waals surface area (Å²) in [7, 11) is -3.56. The van der Waals surface area contributed by atoms with E-state index in [0.717, 1.165) is 29.8 Å². The van der Waals surface area contributed by atoms with Gasteiger partial charge in [-0.2, -0.15) is 0 Å². The molecule has 1 heterocycles. The molecule has 1 unspecified atom stereocenters. The molecule has 0 bridgehead atoms. The Balaban J connectivity index is 1.43. The van der Waals surface area contributed by atoms with Crippen LogP contribution in [0.15, 0.2) is 76.1 Å². The van der Waals surface area contributed by atoms with Gasteiger partial charge in [0.2, 0.25) is 0 Å². The summed E-state index contributed by atoms with van der Waals surface area (Å²) in [5.74, 6) is -0.0826. The van der Waals surface area contributed by atoms with Crippen LogP contribution in [0.2, 0.25) is 0 Å². The van der Waals surface area contributed by atoms with Gasteiger partial charge in [-0.15, -0.1) is 0 Å². The number of fused-ring (bicyclic) bond motifs is 1. The molecule has 3 aromatic rings. The minimum atomic E-state index is -3.56. The Morgan fingerprint density at radius 2 is 1.78 bits per heavy atom. The van der Waals surface area contributed by atoms with Crippen molar-refractivity contribution in [2.24, 2.45) is 0 Å². The van der Waals surface area contributed by atoms with Gasteiger partial charge in [0.15, 0.2) is 9.84 Å². The van der Waals surface area contributed by atoms with Crippen molar-refractivity contribution in [1.82, 2.24) is 10.6 Å². The Labute approximate surface area is 196 Å². The second kappa shape index (κ2) is 9.44. The molecule has 0 saturated heterocycles. The van der Waals surface area contributed by atoms with Crippen molar-refractivity contribution in [3.05, 3.63) is 93.5 Å². The standard InChI is InChI=1S/C24H24BrN3O3S/c1-16(18-5-3-2-4-6-18)27-24(29)28-21-9-10-23(22(25)12-21)32(30,31)15-17-7-8-19-13-26-14-20(19)11-17/h2-12,16,26H,13-15H2,1H3,(H2,27,28,29). The molecular weight excluding hydrogens is 490 g/mol. The van der Waals surface area contributed by atoms with E-state index in [1.54, 1.807) is 12.1 Å². The molecule has 0 radical (unpaired) electrons. The fraction of sp³-hybridized carbons (Fsp3) is 0.208. The van der Waals surface area contributed by atoms with E-state index >= 15 is 0 Å². The minimum Gasteiger partial charge on any atom is -0.331 e. The van der Waals surface area contributed by atoms with Crippen LogP contribution in [0.4, 0.5) is 10.5 Å². The molecule has 1 aliphatic rings. The van der Waals surface area contributed by atoms with Gasteiger partial charge in [0, 0.05) is 23.2 Å². The number of halogens is 1. The van der Waals surface area contributed by atoms with Gasteiger partial charge in [0.05, 0.1) is 16.7 Å². The van der Waals surface area contributed by atoms with E-state index in [9.17, 15) is 13.2 Å². The van der Waals surface area contributed by atoms with Crippen molar-refractivity contribution in [2.75, 3.05) is 5.32 Å². The van der Waals surface area contributed by atoms with Crippen LogP contribution < -0.4 is 16.0 Å². The molecule has 0 saturated carbocycles. The van der Waals surface area contributed by atoms with E-state index in [4.69, 9.17) is 0 Å². The second-order valence-electron chi connectivity index (χ2n) is 7.84. The van der Waals surface area contributed by atoms with Gasteiger partial charge in [-0.25, -0.2) is 13.2 Å². The fourth-order valence-corrected chi connectivity index (χ4v) is 6.28. The maximum Gasteiger partial charge on any atom is 0.319 e. The summed E-state index contributed by atoms with van der Waals surface area (Å²) in [5, 5.41) is 8.90. The number of rotatable bonds is 6. The van der Waals surface area contributed by atoms with Crippen LogP contribution in [0.25, 0.3) is 0 Å². The topological polar surface area (TPSA) is 87.3 Å². The first-order valence-corrected chi connectivity index (χ1v) is 12.7. The van der Waals surface area contributed by atoms with Gasteiger partial charge < -0.3 is 16.0 Å². The largest absolute Gasteiger partial charge is 0.331 e. The lowest BCUT2D eigenvalue weighted by Gasteiger charge is -2.15. The first-order chi connectivity index (χ1) is 15.3. The van der Waals surface area contributed by atoms with Crippen LogP contribution in [0.3, 0.4) is 0 Å². The van der Waals surface area contributed by atoms with Crippen molar-refractivity contribution in [2.45, 2.75) is 36.7 Å². The summed E-state index contributed by atoms with van der Waals surface area (Å²) in [6.45, 7) is 3.48. The number of anilines is 1. The van der Waals surface area contributed by atoms with Crippen molar-refractivity contribution < 1.29 is 13.2 Å². The van der Waals surface area contributed by atoms with Crippen LogP contribution in [-0.4, -0.2) is 14.4 Å². The smallest absolute Gasteiger partial charge is 0.319 e. The van der Waals surface area contributed by atoms with Gasteiger partial charge in [-0.05, 0) is 63.3 Å². The normalized spacial score (nSPS) is 13.9. The third-order valence-corrected chi connectivity index (χ3v) is 8.09. The first kappa shape index (κ1) is 22.5. The Hall–Kier alpha value is -2.68. The third kappa shape index (κ3) is 5.20.